The smallest absolute Gasteiger partial charge is 0.236 e. The minimum Gasteiger partial charge on any atom is -0.342 e. The molecule has 0 spiro atoms. The molecule has 4 heteroatoms. The number of nitrogens with zero attached hydrogens (tertiary/aromatic N) is 2. The Kier molecular flexibility index (Phi) is 4.97. The lowest BCUT2D eigenvalue weighted by atomic mass is 9.91. The van der Waals surface area contributed by atoms with E-state index in [9.17, 15) is 4.79 Å². The van der Waals surface area contributed by atoms with E-state index in [1.165, 1.54) is 0 Å². The van der Waals surface area contributed by atoms with E-state index in [1.807, 2.05) is 47.4 Å². The van der Waals surface area contributed by atoms with Crippen LogP contribution in [0.25, 0.3) is 0 Å². The fourth-order valence-electron chi connectivity index (χ4n) is 3.05. The van der Waals surface area contributed by atoms with Gasteiger partial charge in [-0.05, 0) is 48.6 Å². The predicted molar refractivity (Wildman–Crippen MR) is 92.5 cm³/mol. The van der Waals surface area contributed by atoms with Gasteiger partial charge >= 0.3 is 0 Å². The fourth-order valence-corrected chi connectivity index (χ4v) is 3.18. The highest BCUT2D eigenvalue weighted by atomic mass is 35.5. The second-order valence-corrected chi connectivity index (χ2v) is 6.68. The van der Waals surface area contributed by atoms with Crippen molar-refractivity contribution >= 4 is 17.5 Å². The van der Waals surface area contributed by atoms with Gasteiger partial charge in [-0.1, -0.05) is 36.7 Å². The molecule has 2 aromatic rings. The van der Waals surface area contributed by atoms with Crippen LogP contribution in [0.1, 0.15) is 36.9 Å². The minimum absolute atomic E-state index is 0.137. The molecule has 3 rings (SSSR count). The Bertz CT molecular complexity index is 649. The van der Waals surface area contributed by atoms with Crippen molar-refractivity contribution in [1.82, 2.24) is 9.88 Å². The normalized spacial score (nSPS) is 17.0. The van der Waals surface area contributed by atoms with Crippen molar-refractivity contribution in [3.63, 3.8) is 0 Å². The number of hydrogen-bond acceptors (Lipinski definition) is 2. The molecule has 1 unspecified atom stereocenters. The first-order chi connectivity index (χ1) is 11.1. The van der Waals surface area contributed by atoms with Gasteiger partial charge in [0.1, 0.15) is 5.92 Å². The van der Waals surface area contributed by atoms with E-state index >= 15 is 0 Å². The molecular formula is C19H21ClN2O. The average molecular weight is 329 g/mol. The van der Waals surface area contributed by atoms with Gasteiger partial charge in [0, 0.05) is 24.3 Å². The molecule has 2 heterocycles. The van der Waals surface area contributed by atoms with Crippen LogP contribution in [0.15, 0.2) is 48.7 Å². The van der Waals surface area contributed by atoms with Gasteiger partial charge in [-0.3, -0.25) is 9.78 Å². The Morgan fingerprint density at radius 2 is 1.87 bits per heavy atom. The lowest BCUT2D eigenvalue weighted by molar-refractivity contribution is -0.133. The first kappa shape index (κ1) is 16.0. The summed E-state index contributed by atoms with van der Waals surface area (Å²) in [5, 5.41) is 0.674. The third-order valence-electron chi connectivity index (χ3n) is 4.53. The van der Waals surface area contributed by atoms with Crippen molar-refractivity contribution in [3.8, 4) is 0 Å². The van der Waals surface area contributed by atoms with E-state index in [4.69, 9.17) is 11.6 Å². The zero-order chi connectivity index (χ0) is 16.2. The van der Waals surface area contributed by atoms with Gasteiger partial charge in [-0.25, -0.2) is 0 Å². The number of carbonyl (C=O) groups is 1. The molecule has 120 valence electrons. The number of piperidine rings is 1. The number of rotatable bonds is 3. The highest BCUT2D eigenvalue weighted by Crippen LogP contribution is 2.28. The van der Waals surface area contributed by atoms with Crippen LogP contribution in [0.5, 0.6) is 0 Å². The molecule has 0 aliphatic carbocycles. The van der Waals surface area contributed by atoms with E-state index in [-0.39, 0.29) is 11.8 Å². The Morgan fingerprint density at radius 3 is 2.48 bits per heavy atom. The quantitative estimate of drug-likeness (QED) is 0.849. The number of amides is 1. The van der Waals surface area contributed by atoms with Crippen LogP contribution in [0, 0.1) is 5.92 Å². The molecule has 1 saturated heterocycles. The third kappa shape index (κ3) is 3.73. The Hall–Kier alpha value is -1.87. The maximum absolute atomic E-state index is 13.1. The highest BCUT2D eigenvalue weighted by Gasteiger charge is 2.30. The molecule has 1 aliphatic rings. The summed E-state index contributed by atoms with van der Waals surface area (Å²) in [7, 11) is 0. The van der Waals surface area contributed by atoms with Crippen LogP contribution in [0.3, 0.4) is 0 Å². The summed E-state index contributed by atoms with van der Waals surface area (Å²) in [6, 6.07) is 13.2. The highest BCUT2D eigenvalue weighted by molar-refractivity contribution is 6.30. The Morgan fingerprint density at radius 1 is 1.17 bits per heavy atom. The molecule has 1 atom stereocenters. The number of benzene rings is 1. The maximum Gasteiger partial charge on any atom is 0.236 e. The molecule has 1 fully saturated rings. The van der Waals surface area contributed by atoms with Crippen LogP contribution in [-0.4, -0.2) is 28.9 Å². The van der Waals surface area contributed by atoms with E-state index in [1.54, 1.807) is 6.20 Å². The monoisotopic (exact) mass is 328 g/mol. The van der Waals surface area contributed by atoms with Gasteiger partial charge in [-0.15, -0.1) is 0 Å². The number of aromatic nitrogens is 1. The first-order valence-electron chi connectivity index (χ1n) is 8.10. The molecule has 1 aromatic carbocycles. The standard InChI is InChI=1S/C19H21ClN2O/c1-14-9-12-22(13-10-14)19(23)18(17-4-2-3-11-21-17)15-5-7-16(20)8-6-15/h2-8,11,14,18H,9-10,12-13H2,1H3. The summed E-state index contributed by atoms with van der Waals surface area (Å²) >= 11 is 6.00. The lowest BCUT2D eigenvalue weighted by Gasteiger charge is -2.33. The maximum atomic E-state index is 13.1. The van der Waals surface area contributed by atoms with E-state index < -0.39 is 0 Å². The van der Waals surface area contributed by atoms with Crippen LogP contribution in [0.4, 0.5) is 0 Å². The number of carbonyl (C=O) groups excluding carboxylic acids is 1. The number of halogens is 1. The number of pyridine rings is 1. The summed E-state index contributed by atoms with van der Waals surface area (Å²) in [4.78, 5) is 19.6. The number of hydrogen-bond donors (Lipinski definition) is 0. The summed E-state index contributed by atoms with van der Waals surface area (Å²) in [5.41, 5.74) is 1.73. The molecule has 1 aliphatic heterocycles. The zero-order valence-corrected chi connectivity index (χ0v) is 14.0. The van der Waals surface area contributed by atoms with Crippen molar-refractivity contribution in [2.75, 3.05) is 13.1 Å². The lowest BCUT2D eigenvalue weighted by Crippen LogP contribution is -2.41. The van der Waals surface area contributed by atoms with Crippen LogP contribution in [0.2, 0.25) is 5.02 Å². The van der Waals surface area contributed by atoms with E-state index in [2.05, 4.69) is 11.9 Å². The van der Waals surface area contributed by atoms with Crippen molar-refractivity contribution < 1.29 is 4.79 Å². The van der Waals surface area contributed by atoms with Crippen LogP contribution in [-0.2, 0) is 4.79 Å². The minimum atomic E-state index is -0.359. The second-order valence-electron chi connectivity index (χ2n) is 6.25. The molecule has 23 heavy (non-hydrogen) atoms. The molecule has 3 nitrogen and oxygen atoms in total. The van der Waals surface area contributed by atoms with Gasteiger partial charge < -0.3 is 4.90 Å². The number of likely N-dealkylation sites (tertiary alicyclic amines) is 1. The predicted octanol–water partition coefficient (Wildman–Crippen LogP) is 4.13. The van der Waals surface area contributed by atoms with E-state index in [0.717, 1.165) is 37.2 Å². The largest absolute Gasteiger partial charge is 0.342 e. The molecule has 1 aromatic heterocycles. The summed E-state index contributed by atoms with van der Waals surface area (Å²) in [5.74, 6) is 0.475. The third-order valence-corrected chi connectivity index (χ3v) is 4.78. The van der Waals surface area contributed by atoms with Gasteiger partial charge in [0.05, 0.1) is 5.69 Å². The van der Waals surface area contributed by atoms with Gasteiger partial charge in [0.2, 0.25) is 5.91 Å². The van der Waals surface area contributed by atoms with Gasteiger partial charge in [0.25, 0.3) is 0 Å². The van der Waals surface area contributed by atoms with Crippen molar-refractivity contribution in [1.29, 1.82) is 0 Å². The van der Waals surface area contributed by atoms with Crippen LogP contribution >= 0.6 is 11.6 Å². The molecule has 0 radical (unpaired) electrons. The summed E-state index contributed by atoms with van der Waals surface area (Å²) < 4.78 is 0. The summed E-state index contributed by atoms with van der Waals surface area (Å²) in [6.07, 6.45) is 3.88. The first-order valence-corrected chi connectivity index (χ1v) is 8.48. The second kappa shape index (κ2) is 7.14. The van der Waals surface area contributed by atoms with Gasteiger partial charge in [-0.2, -0.15) is 0 Å². The fraction of sp³-hybridized carbons (Fsp3) is 0.368. The molecule has 0 bridgehead atoms. The molecule has 1 amide bonds. The van der Waals surface area contributed by atoms with E-state index in [0.29, 0.717) is 10.9 Å². The Balaban J connectivity index is 1.92. The average Bonchev–Trinajstić information content (AvgIpc) is 2.58. The Labute approximate surface area is 142 Å². The summed E-state index contributed by atoms with van der Waals surface area (Å²) in [6.45, 7) is 3.91. The van der Waals surface area contributed by atoms with Crippen LogP contribution < -0.4 is 0 Å². The molecular weight excluding hydrogens is 308 g/mol. The van der Waals surface area contributed by atoms with Crippen molar-refractivity contribution in [2.24, 2.45) is 5.92 Å². The van der Waals surface area contributed by atoms with Crippen molar-refractivity contribution in [2.45, 2.75) is 25.7 Å². The zero-order valence-electron chi connectivity index (χ0n) is 13.3. The molecule has 0 N–H and O–H groups in total. The topological polar surface area (TPSA) is 33.2 Å². The SMILES string of the molecule is CC1CCN(C(=O)C(c2ccc(Cl)cc2)c2ccccn2)CC1. The molecule has 0 saturated carbocycles. The van der Waals surface area contributed by atoms with Crippen molar-refractivity contribution in [3.05, 3.63) is 64.9 Å². The van der Waals surface area contributed by atoms with Gasteiger partial charge in [0.15, 0.2) is 0 Å².